The molecule has 3 aromatic rings. The third-order valence-corrected chi connectivity index (χ3v) is 4.46. The fraction of sp³-hybridized carbons (Fsp3) is 0.190. The molecular formula is C21H20N4O2. The van der Waals surface area contributed by atoms with E-state index in [1.54, 1.807) is 12.1 Å². The summed E-state index contributed by atoms with van der Waals surface area (Å²) < 4.78 is 5.36. The molecule has 1 aliphatic heterocycles. The van der Waals surface area contributed by atoms with Crippen LogP contribution in [0.2, 0.25) is 0 Å². The van der Waals surface area contributed by atoms with Gasteiger partial charge in [-0.25, -0.2) is 0 Å². The molecule has 1 saturated heterocycles. The number of anilines is 2. The summed E-state index contributed by atoms with van der Waals surface area (Å²) in [6.45, 7) is 3.10. The van der Waals surface area contributed by atoms with Gasteiger partial charge in [-0.3, -0.25) is 4.79 Å². The van der Waals surface area contributed by atoms with Crippen LogP contribution in [0.5, 0.6) is 0 Å². The van der Waals surface area contributed by atoms with Crippen molar-refractivity contribution in [3.63, 3.8) is 0 Å². The molecule has 136 valence electrons. The molecule has 1 fully saturated rings. The van der Waals surface area contributed by atoms with Gasteiger partial charge in [0, 0.05) is 29.9 Å². The number of carbonyl (C=O) groups is 1. The minimum absolute atomic E-state index is 0.138. The van der Waals surface area contributed by atoms with Crippen molar-refractivity contribution in [2.24, 2.45) is 0 Å². The maximum absolute atomic E-state index is 12.3. The molecule has 6 nitrogen and oxygen atoms in total. The van der Waals surface area contributed by atoms with Crippen LogP contribution < -0.4 is 10.2 Å². The van der Waals surface area contributed by atoms with E-state index in [0.29, 0.717) is 5.56 Å². The van der Waals surface area contributed by atoms with Gasteiger partial charge >= 0.3 is 0 Å². The molecule has 2 aromatic carbocycles. The molecule has 0 unspecified atom stereocenters. The minimum atomic E-state index is -0.138. The summed E-state index contributed by atoms with van der Waals surface area (Å²) in [4.78, 5) is 14.5. The second-order valence-electron chi connectivity index (χ2n) is 6.27. The average Bonchev–Trinajstić information content (AvgIpc) is 2.75. The zero-order chi connectivity index (χ0) is 18.5. The fourth-order valence-electron chi connectivity index (χ4n) is 2.96. The van der Waals surface area contributed by atoms with Gasteiger partial charge in [-0.2, -0.15) is 0 Å². The van der Waals surface area contributed by atoms with Gasteiger partial charge in [0.2, 0.25) is 0 Å². The van der Waals surface area contributed by atoms with Crippen molar-refractivity contribution in [2.45, 2.75) is 0 Å². The monoisotopic (exact) mass is 360 g/mol. The van der Waals surface area contributed by atoms with Gasteiger partial charge in [0.1, 0.15) is 0 Å². The van der Waals surface area contributed by atoms with E-state index in [1.165, 1.54) is 0 Å². The Morgan fingerprint density at radius 3 is 2.30 bits per heavy atom. The molecule has 6 heteroatoms. The number of benzene rings is 2. The second-order valence-corrected chi connectivity index (χ2v) is 6.27. The molecule has 1 aliphatic rings. The Bertz CT molecular complexity index is 890. The van der Waals surface area contributed by atoms with Gasteiger partial charge in [0.15, 0.2) is 5.82 Å². The number of nitrogens with one attached hydrogen (secondary N) is 1. The largest absolute Gasteiger partial charge is 0.378 e. The molecule has 0 atom stereocenters. The van der Waals surface area contributed by atoms with Crippen LogP contribution in [0, 0.1) is 0 Å². The van der Waals surface area contributed by atoms with Crippen molar-refractivity contribution in [3.8, 4) is 11.3 Å². The Morgan fingerprint density at radius 1 is 0.889 bits per heavy atom. The van der Waals surface area contributed by atoms with Crippen molar-refractivity contribution >= 4 is 17.4 Å². The lowest BCUT2D eigenvalue weighted by Gasteiger charge is -2.27. The Labute approximate surface area is 157 Å². The predicted octanol–water partition coefficient (Wildman–Crippen LogP) is 3.23. The smallest absolute Gasteiger partial charge is 0.255 e. The van der Waals surface area contributed by atoms with E-state index < -0.39 is 0 Å². The van der Waals surface area contributed by atoms with Crippen molar-refractivity contribution in [2.75, 3.05) is 36.5 Å². The number of rotatable bonds is 4. The van der Waals surface area contributed by atoms with Crippen LogP contribution in [0.3, 0.4) is 0 Å². The van der Waals surface area contributed by atoms with Crippen LogP contribution >= 0.6 is 0 Å². The first-order valence-corrected chi connectivity index (χ1v) is 8.93. The fourth-order valence-corrected chi connectivity index (χ4v) is 2.96. The molecular weight excluding hydrogens is 340 g/mol. The summed E-state index contributed by atoms with van der Waals surface area (Å²) in [6.07, 6.45) is 0. The van der Waals surface area contributed by atoms with Gasteiger partial charge in [0.05, 0.1) is 18.9 Å². The van der Waals surface area contributed by atoms with Gasteiger partial charge in [-0.05, 0) is 36.4 Å². The van der Waals surface area contributed by atoms with Gasteiger partial charge < -0.3 is 15.0 Å². The van der Waals surface area contributed by atoms with Gasteiger partial charge in [-0.15, -0.1) is 10.2 Å². The second kappa shape index (κ2) is 7.97. The highest BCUT2D eigenvalue weighted by molar-refractivity contribution is 6.04. The van der Waals surface area contributed by atoms with Crippen molar-refractivity contribution in [3.05, 3.63) is 72.3 Å². The number of hydrogen-bond donors (Lipinski definition) is 1. The lowest BCUT2D eigenvalue weighted by Crippen LogP contribution is -2.36. The number of hydrogen-bond acceptors (Lipinski definition) is 5. The summed E-state index contributed by atoms with van der Waals surface area (Å²) in [5, 5.41) is 11.5. The first-order chi connectivity index (χ1) is 13.3. The van der Waals surface area contributed by atoms with Crippen molar-refractivity contribution in [1.29, 1.82) is 0 Å². The highest BCUT2D eigenvalue weighted by Crippen LogP contribution is 2.20. The SMILES string of the molecule is O=C(Nc1ccccc1)c1ccc(-c2ccc(N3CCOCC3)nn2)cc1. The van der Waals surface area contributed by atoms with Crippen LogP contribution in [0.4, 0.5) is 11.5 Å². The van der Waals surface area contributed by atoms with Crippen LogP contribution in [-0.4, -0.2) is 42.4 Å². The zero-order valence-electron chi connectivity index (χ0n) is 14.8. The van der Waals surface area contributed by atoms with E-state index in [-0.39, 0.29) is 5.91 Å². The van der Waals surface area contributed by atoms with Crippen LogP contribution in [0.25, 0.3) is 11.3 Å². The number of ether oxygens (including phenoxy) is 1. The quantitative estimate of drug-likeness (QED) is 0.774. The number of carbonyl (C=O) groups excluding carboxylic acids is 1. The average molecular weight is 360 g/mol. The molecule has 27 heavy (non-hydrogen) atoms. The highest BCUT2D eigenvalue weighted by Gasteiger charge is 2.13. The maximum Gasteiger partial charge on any atom is 0.255 e. The first kappa shape index (κ1) is 17.2. The molecule has 2 heterocycles. The van der Waals surface area contributed by atoms with Crippen LogP contribution in [0.15, 0.2) is 66.7 Å². The van der Waals surface area contributed by atoms with Crippen LogP contribution in [0.1, 0.15) is 10.4 Å². The Morgan fingerprint density at radius 2 is 1.63 bits per heavy atom. The van der Waals surface area contributed by atoms with Crippen molar-refractivity contribution < 1.29 is 9.53 Å². The molecule has 0 bridgehead atoms. The topological polar surface area (TPSA) is 67.4 Å². The number of amides is 1. The Hall–Kier alpha value is -3.25. The molecule has 0 saturated carbocycles. The third-order valence-electron chi connectivity index (χ3n) is 4.46. The predicted molar refractivity (Wildman–Crippen MR) is 105 cm³/mol. The zero-order valence-corrected chi connectivity index (χ0v) is 14.8. The molecule has 0 aliphatic carbocycles. The third kappa shape index (κ3) is 4.12. The van der Waals surface area contributed by atoms with E-state index in [1.807, 2.05) is 54.6 Å². The van der Waals surface area contributed by atoms with Crippen LogP contribution in [-0.2, 0) is 4.74 Å². The van der Waals surface area contributed by atoms with Gasteiger partial charge in [0.25, 0.3) is 5.91 Å². The lowest BCUT2D eigenvalue weighted by molar-refractivity contribution is 0.102. The number of nitrogens with zero attached hydrogens (tertiary/aromatic N) is 3. The lowest BCUT2D eigenvalue weighted by atomic mass is 10.1. The summed E-state index contributed by atoms with van der Waals surface area (Å²) in [7, 11) is 0. The van der Waals surface area contributed by atoms with Crippen molar-refractivity contribution in [1.82, 2.24) is 10.2 Å². The Balaban J connectivity index is 1.44. The minimum Gasteiger partial charge on any atom is -0.378 e. The summed E-state index contributed by atoms with van der Waals surface area (Å²) >= 11 is 0. The number of morpholine rings is 1. The molecule has 0 radical (unpaired) electrons. The summed E-state index contributed by atoms with van der Waals surface area (Å²) in [5.41, 5.74) is 3.07. The molecule has 1 amide bonds. The van der Waals surface area contributed by atoms with E-state index in [0.717, 1.165) is 49.1 Å². The standard InChI is InChI=1S/C21H20N4O2/c26-21(22-18-4-2-1-3-5-18)17-8-6-16(7-9-17)19-10-11-20(24-23-19)25-12-14-27-15-13-25/h1-11H,12-15H2,(H,22,26). The summed E-state index contributed by atoms with van der Waals surface area (Å²) in [5.74, 6) is 0.724. The number of para-hydroxylation sites is 1. The van der Waals surface area contributed by atoms with Gasteiger partial charge in [-0.1, -0.05) is 30.3 Å². The Kier molecular flexibility index (Phi) is 5.07. The molecule has 0 spiro atoms. The number of aromatic nitrogens is 2. The van der Waals surface area contributed by atoms with E-state index >= 15 is 0 Å². The highest BCUT2D eigenvalue weighted by atomic mass is 16.5. The van der Waals surface area contributed by atoms with E-state index in [9.17, 15) is 4.79 Å². The first-order valence-electron chi connectivity index (χ1n) is 8.93. The van der Waals surface area contributed by atoms with E-state index in [2.05, 4.69) is 20.4 Å². The normalized spacial score (nSPS) is 14.0. The van der Waals surface area contributed by atoms with E-state index in [4.69, 9.17) is 4.74 Å². The molecule has 4 rings (SSSR count). The molecule has 1 aromatic heterocycles. The summed E-state index contributed by atoms with van der Waals surface area (Å²) in [6, 6.07) is 20.7. The molecule has 1 N–H and O–H groups in total. The maximum atomic E-state index is 12.3.